The standard InChI is InChI=1S/C19H33NO3/c1-3-5-6-7-8-9-10-11-12-13-15-18(22)17(16-21)20-19(23)14-4-2/h5-6,9-10,13,15,17-18,21-22H,3-4,7-8,11-12,14,16H2,1-2H3,(H,20,23)/b6-5+,10-9+,15-13+. The van der Waals surface area contributed by atoms with E-state index in [-0.39, 0.29) is 12.5 Å². The molecule has 0 fully saturated rings. The Bertz CT molecular complexity index is 375. The topological polar surface area (TPSA) is 69.6 Å². The molecule has 0 aromatic rings. The molecule has 0 aliphatic rings. The number of carbonyl (C=O) groups excluding carboxylic acids is 1. The highest BCUT2D eigenvalue weighted by Gasteiger charge is 2.17. The predicted molar refractivity (Wildman–Crippen MR) is 96.1 cm³/mol. The van der Waals surface area contributed by atoms with E-state index in [9.17, 15) is 15.0 Å². The molecule has 0 radical (unpaired) electrons. The molecule has 0 aliphatic carbocycles. The Labute approximate surface area is 141 Å². The molecule has 0 aromatic carbocycles. The van der Waals surface area contributed by atoms with Crippen LogP contribution in [0.5, 0.6) is 0 Å². The Hall–Kier alpha value is -1.39. The molecule has 0 spiro atoms. The van der Waals surface area contributed by atoms with Gasteiger partial charge in [0, 0.05) is 6.42 Å². The molecule has 3 N–H and O–H groups in total. The van der Waals surface area contributed by atoms with E-state index in [0.717, 1.165) is 38.5 Å². The molecule has 0 aliphatic heterocycles. The summed E-state index contributed by atoms with van der Waals surface area (Å²) in [6.07, 6.45) is 17.5. The lowest BCUT2D eigenvalue weighted by Crippen LogP contribution is -2.45. The number of rotatable bonds is 13. The Morgan fingerprint density at radius 3 is 2.09 bits per heavy atom. The highest BCUT2D eigenvalue weighted by Crippen LogP contribution is 2.02. The van der Waals surface area contributed by atoms with E-state index in [1.807, 2.05) is 13.0 Å². The van der Waals surface area contributed by atoms with Crippen molar-refractivity contribution in [3.05, 3.63) is 36.5 Å². The van der Waals surface area contributed by atoms with E-state index in [1.54, 1.807) is 6.08 Å². The molecule has 0 rings (SSSR count). The molecule has 23 heavy (non-hydrogen) atoms. The van der Waals surface area contributed by atoms with Gasteiger partial charge < -0.3 is 15.5 Å². The molecule has 0 heterocycles. The molecule has 4 nitrogen and oxygen atoms in total. The Kier molecular flexibility index (Phi) is 14.6. The predicted octanol–water partition coefficient (Wildman–Crippen LogP) is 3.26. The fraction of sp³-hybridized carbons (Fsp3) is 0.632. The summed E-state index contributed by atoms with van der Waals surface area (Å²) in [7, 11) is 0. The summed E-state index contributed by atoms with van der Waals surface area (Å²) < 4.78 is 0. The highest BCUT2D eigenvalue weighted by atomic mass is 16.3. The van der Waals surface area contributed by atoms with Crippen molar-refractivity contribution >= 4 is 5.91 Å². The van der Waals surface area contributed by atoms with Gasteiger partial charge >= 0.3 is 0 Å². The third kappa shape index (κ3) is 12.8. The summed E-state index contributed by atoms with van der Waals surface area (Å²) in [6, 6.07) is -0.633. The van der Waals surface area contributed by atoms with Gasteiger partial charge in [-0.3, -0.25) is 4.79 Å². The largest absolute Gasteiger partial charge is 0.394 e. The SMILES string of the molecule is CC/C=C/CC/C=C/CC/C=C/C(O)C(CO)NC(=O)CCC. The van der Waals surface area contributed by atoms with Gasteiger partial charge in [0.05, 0.1) is 18.8 Å². The number of aliphatic hydroxyl groups is 2. The maximum atomic E-state index is 11.5. The average Bonchev–Trinajstić information content (AvgIpc) is 2.54. The molecule has 132 valence electrons. The van der Waals surface area contributed by atoms with Gasteiger partial charge in [0.1, 0.15) is 0 Å². The Balaban J connectivity index is 3.92. The van der Waals surface area contributed by atoms with E-state index < -0.39 is 12.1 Å². The molecule has 4 heteroatoms. The molecule has 2 unspecified atom stereocenters. The minimum absolute atomic E-state index is 0.140. The maximum Gasteiger partial charge on any atom is 0.220 e. The number of unbranched alkanes of at least 4 members (excludes halogenated alkanes) is 2. The van der Waals surface area contributed by atoms with Crippen LogP contribution in [0.25, 0.3) is 0 Å². The van der Waals surface area contributed by atoms with Crippen molar-refractivity contribution in [2.45, 2.75) is 70.9 Å². The molecule has 0 aromatic heterocycles. The number of hydrogen-bond donors (Lipinski definition) is 3. The summed E-state index contributed by atoms with van der Waals surface area (Å²) in [5.74, 6) is -0.140. The van der Waals surface area contributed by atoms with Crippen LogP contribution in [-0.4, -0.2) is 34.9 Å². The third-order valence-electron chi connectivity index (χ3n) is 3.33. The van der Waals surface area contributed by atoms with E-state index in [4.69, 9.17) is 0 Å². The molecule has 0 saturated heterocycles. The van der Waals surface area contributed by atoms with Crippen LogP contribution in [0.2, 0.25) is 0 Å². The first-order chi connectivity index (χ1) is 11.2. The van der Waals surface area contributed by atoms with Crippen molar-refractivity contribution in [1.29, 1.82) is 0 Å². The number of hydrogen-bond acceptors (Lipinski definition) is 3. The van der Waals surface area contributed by atoms with Crippen LogP contribution in [0.3, 0.4) is 0 Å². The van der Waals surface area contributed by atoms with Crippen LogP contribution < -0.4 is 5.32 Å². The van der Waals surface area contributed by atoms with E-state index in [1.165, 1.54) is 0 Å². The molecular formula is C19H33NO3. The number of allylic oxidation sites excluding steroid dienone is 5. The van der Waals surface area contributed by atoms with Gasteiger partial charge in [-0.15, -0.1) is 0 Å². The molecule has 0 saturated carbocycles. The number of nitrogens with one attached hydrogen (secondary N) is 1. The number of aliphatic hydroxyl groups excluding tert-OH is 2. The second kappa shape index (κ2) is 15.5. The van der Waals surface area contributed by atoms with Crippen LogP contribution in [0.1, 0.15) is 58.8 Å². The van der Waals surface area contributed by atoms with Gasteiger partial charge in [0.15, 0.2) is 0 Å². The smallest absolute Gasteiger partial charge is 0.220 e. The Morgan fingerprint density at radius 2 is 1.57 bits per heavy atom. The van der Waals surface area contributed by atoms with Crippen molar-refractivity contribution in [2.75, 3.05) is 6.61 Å². The van der Waals surface area contributed by atoms with Gasteiger partial charge in [0.25, 0.3) is 0 Å². The summed E-state index contributed by atoms with van der Waals surface area (Å²) in [5.41, 5.74) is 0. The minimum atomic E-state index is -0.857. The van der Waals surface area contributed by atoms with E-state index in [0.29, 0.717) is 6.42 Å². The van der Waals surface area contributed by atoms with Gasteiger partial charge in [-0.05, 0) is 38.5 Å². The van der Waals surface area contributed by atoms with Crippen LogP contribution in [0, 0.1) is 0 Å². The number of amides is 1. The van der Waals surface area contributed by atoms with Gasteiger partial charge in [-0.2, -0.15) is 0 Å². The monoisotopic (exact) mass is 323 g/mol. The molecule has 2 atom stereocenters. The zero-order valence-electron chi connectivity index (χ0n) is 14.6. The Morgan fingerprint density at radius 1 is 1.00 bits per heavy atom. The molecule has 0 bridgehead atoms. The number of carbonyl (C=O) groups is 1. The first kappa shape index (κ1) is 21.6. The minimum Gasteiger partial charge on any atom is -0.394 e. The lowest BCUT2D eigenvalue weighted by molar-refractivity contribution is -0.122. The van der Waals surface area contributed by atoms with Gasteiger partial charge in [-0.1, -0.05) is 50.3 Å². The van der Waals surface area contributed by atoms with Crippen molar-refractivity contribution in [2.24, 2.45) is 0 Å². The fourth-order valence-electron chi connectivity index (χ4n) is 2.02. The molecule has 1 amide bonds. The van der Waals surface area contributed by atoms with Crippen LogP contribution in [0.15, 0.2) is 36.5 Å². The zero-order valence-corrected chi connectivity index (χ0v) is 14.6. The lowest BCUT2D eigenvalue weighted by Gasteiger charge is -2.19. The summed E-state index contributed by atoms with van der Waals surface area (Å²) >= 11 is 0. The first-order valence-corrected chi connectivity index (χ1v) is 8.70. The fourth-order valence-corrected chi connectivity index (χ4v) is 2.02. The highest BCUT2D eigenvalue weighted by molar-refractivity contribution is 5.76. The van der Waals surface area contributed by atoms with Crippen LogP contribution in [-0.2, 0) is 4.79 Å². The van der Waals surface area contributed by atoms with Gasteiger partial charge in [-0.25, -0.2) is 0 Å². The maximum absolute atomic E-state index is 11.5. The summed E-state index contributed by atoms with van der Waals surface area (Å²) in [6.45, 7) is 3.77. The van der Waals surface area contributed by atoms with Crippen molar-refractivity contribution in [3.63, 3.8) is 0 Å². The zero-order chi connectivity index (χ0) is 17.3. The van der Waals surface area contributed by atoms with E-state index in [2.05, 4.69) is 36.5 Å². The molecular weight excluding hydrogens is 290 g/mol. The van der Waals surface area contributed by atoms with Crippen molar-refractivity contribution in [3.8, 4) is 0 Å². The quantitative estimate of drug-likeness (QED) is 0.360. The van der Waals surface area contributed by atoms with Crippen LogP contribution >= 0.6 is 0 Å². The van der Waals surface area contributed by atoms with Crippen LogP contribution in [0.4, 0.5) is 0 Å². The second-order valence-electron chi connectivity index (χ2n) is 5.53. The van der Waals surface area contributed by atoms with Gasteiger partial charge in [0.2, 0.25) is 5.91 Å². The van der Waals surface area contributed by atoms with Crippen molar-refractivity contribution < 1.29 is 15.0 Å². The third-order valence-corrected chi connectivity index (χ3v) is 3.33. The lowest BCUT2D eigenvalue weighted by atomic mass is 10.1. The average molecular weight is 323 g/mol. The summed E-state index contributed by atoms with van der Waals surface area (Å²) in [4.78, 5) is 11.5. The first-order valence-electron chi connectivity index (χ1n) is 8.70. The summed E-state index contributed by atoms with van der Waals surface area (Å²) in [5, 5.41) is 21.9. The van der Waals surface area contributed by atoms with Crippen molar-refractivity contribution in [1.82, 2.24) is 5.32 Å². The van der Waals surface area contributed by atoms with E-state index >= 15 is 0 Å². The second-order valence-corrected chi connectivity index (χ2v) is 5.53. The normalized spacial score (nSPS) is 14.8.